The van der Waals surface area contributed by atoms with E-state index in [1.54, 1.807) is 31.3 Å². The molecule has 1 heterocycles. The van der Waals surface area contributed by atoms with E-state index in [9.17, 15) is 4.39 Å². The fourth-order valence-corrected chi connectivity index (χ4v) is 3.11. The van der Waals surface area contributed by atoms with Crippen LogP contribution < -0.4 is 15.8 Å². The highest BCUT2D eigenvalue weighted by Crippen LogP contribution is 2.33. The summed E-state index contributed by atoms with van der Waals surface area (Å²) >= 11 is 0. The highest BCUT2D eigenvalue weighted by Gasteiger charge is 2.16. The first-order chi connectivity index (χ1) is 14.1. The number of aliphatic imine (C=N–C) groups is 1. The molecule has 6 nitrogen and oxygen atoms in total. The highest BCUT2D eigenvalue weighted by atomic mass is 19.1. The van der Waals surface area contributed by atoms with E-state index in [-0.39, 0.29) is 0 Å². The van der Waals surface area contributed by atoms with Gasteiger partial charge in [-0.3, -0.25) is 9.89 Å². The van der Waals surface area contributed by atoms with Crippen LogP contribution in [0.4, 0.5) is 21.5 Å². The Hall–Kier alpha value is -2.90. The van der Waals surface area contributed by atoms with E-state index in [0.29, 0.717) is 35.0 Å². The van der Waals surface area contributed by atoms with Gasteiger partial charge in [-0.15, -0.1) is 0 Å². The molecule has 1 fully saturated rings. The number of ether oxygens (including phenoxy) is 2. The third kappa shape index (κ3) is 5.79. The minimum atomic E-state index is -0.442. The van der Waals surface area contributed by atoms with E-state index < -0.39 is 5.82 Å². The molecule has 1 aliphatic rings. The molecular weight excluding hydrogens is 371 g/mol. The van der Waals surface area contributed by atoms with Crippen LogP contribution in [0, 0.1) is 5.82 Å². The summed E-state index contributed by atoms with van der Waals surface area (Å²) < 4.78 is 26.1. The molecule has 0 saturated carbocycles. The number of hydrogen-bond donors (Lipinski definition) is 2. The second kappa shape index (κ2) is 10.0. The number of nitrogens with zero attached hydrogens (tertiary/aromatic N) is 2. The lowest BCUT2D eigenvalue weighted by Gasteiger charge is -2.26. The van der Waals surface area contributed by atoms with Gasteiger partial charge in [-0.05, 0) is 31.2 Å². The lowest BCUT2D eigenvalue weighted by atomic mass is 10.1. The summed E-state index contributed by atoms with van der Waals surface area (Å²) in [5, 5.41) is 3.11. The van der Waals surface area contributed by atoms with Gasteiger partial charge in [0.25, 0.3) is 0 Å². The van der Waals surface area contributed by atoms with Gasteiger partial charge in [-0.1, -0.05) is 6.58 Å². The fourth-order valence-electron chi connectivity index (χ4n) is 3.11. The van der Waals surface area contributed by atoms with Crippen LogP contribution >= 0.6 is 0 Å². The van der Waals surface area contributed by atoms with Crippen LogP contribution in [0.2, 0.25) is 0 Å². The molecule has 154 valence electrons. The van der Waals surface area contributed by atoms with Crippen molar-refractivity contribution in [2.45, 2.75) is 6.92 Å². The Bertz CT molecular complexity index is 862. The molecule has 2 aromatic rings. The zero-order valence-corrected chi connectivity index (χ0v) is 16.7. The van der Waals surface area contributed by atoms with Crippen molar-refractivity contribution >= 4 is 29.0 Å². The molecule has 0 radical (unpaired) electrons. The van der Waals surface area contributed by atoms with Gasteiger partial charge in [0.15, 0.2) is 0 Å². The molecular formula is C22H27FN4O2. The van der Waals surface area contributed by atoms with Gasteiger partial charge in [0.2, 0.25) is 0 Å². The summed E-state index contributed by atoms with van der Waals surface area (Å²) in [6.45, 7) is 10.3. The van der Waals surface area contributed by atoms with Crippen molar-refractivity contribution < 1.29 is 13.9 Å². The normalized spacial score (nSPS) is 14.8. The van der Waals surface area contributed by atoms with E-state index in [1.807, 2.05) is 12.1 Å². The summed E-state index contributed by atoms with van der Waals surface area (Å²) in [4.78, 5) is 6.57. The molecule has 0 unspecified atom stereocenters. The van der Waals surface area contributed by atoms with Crippen LogP contribution in [-0.2, 0) is 4.74 Å². The monoisotopic (exact) mass is 398 g/mol. The molecule has 0 aliphatic carbocycles. The van der Waals surface area contributed by atoms with Gasteiger partial charge in [-0.25, -0.2) is 4.39 Å². The molecule has 2 aromatic carbocycles. The van der Waals surface area contributed by atoms with E-state index >= 15 is 0 Å². The van der Waals surface area contributed by atoms with Crippen LogP contribution in [0.3, 0.4) is 0 Å². The second-order valence-electron chi connectivity index (χ2n) is 6.71. The predicted molar refractivity (Wildman–Crippen MR) is 116 cm³/mol. The van der Waals surface area contributed by atoms with Crippen LogP contribution in [0.15, 0.2) is 48.0 Å². The Morgan fingerprint density at radius 3 is 2.72 bits per heavy atom. The van der Waals surface area contributed by atoms with Crippen molar-refractivity contribution in [2.24, 2.45) is 4.99 Å². The Morgan fingerprint density at radius 1 is 1.31 bits per heavy atom. The molecule has 3 rings (SSSR count). The first-order valence-electron chi connectivity index (χ1n) is 9.64. The van der Waals surface area contributed by atoms with Crippen LogP contribution in [-0.4, -0.2) is 50.6 Å². The molecule has 0 aromatic heterocycles. The predicted octanol–water partition coefficient (Wildman–Crippen LogP) is 3.92. The number of hydrogen-bond acceptors (Lipinski definition) is 6. The van der Waals surface area contributed by atoms with E-state index in [4.69, 9.17) is 15.2 Å². The zero-order chi connectivity index (χ0) is 20.6. The third-order valence-electron chi connectivity index (χ3n) is 4.60. The molecule has 0 amide bonds. The summed E-state index contributed by atoms with van der Waals surface area (Å²) in [6.07, 6.45) is 1.62. The van der Waals surface area contributed by atoms with E-state index in [2.05, 4.69) is 21.8 Å². The maximum absolute atomic E-state index is 14.9. The largest absolute Gasteiger partial charge is 0.492 e. The summed E-state index contributed by atoms with van der Waals surface area (Å²) in [7, 11) is 0. The Morgan fingerprint density at radius 2 is 2.03 bits per heavy atom. The van der Waals surface area contributed by atoms with Crippen LogP contribution in [0.25, 0.3) is 5.70 Å². The Balaban J connectivity index is 1.71. The van der Waals surface area contributed by atoms with E-state index in [0.717, 1.165) is 38.5 Å². The quantitative estimate of drug-likeness (QED) is 0.521. The standard InChI is InChI=1S/C22H27FN4O2/c1-3-25-21-15-19(29-13-10-27-8-11-28-12-9-27)14-20(23)22(21)16(2)26-18-6-4-17(24)5-7-18/h3-7,14-15,26H,2,8-13,24H2,1H3. The first-order valence-corrected chi connectivity index (χ1v) is 9.64. The van der Waals surface area contributed by atoms with Gasteiger partial charge in [0.1, 0.15) is 18.2 Å². The topological polar surface area (TPSA) is 72.1 Å². The number of rotatable bonds is 8. The van der Waals surface area contributed by atoms with Crippen molar-refractivity contribution in [3.63, 3.8) is 0 Å². The first kappa shape index (κ1) is 20.8. The Labute approximate surface area is 170 Å². The molecule has 0 bridgehead atoms. The highest BCUT2D eigenvalue weighted by molar-refractivity contribution is 5.83. The Kier molecular flexibility index (Phi) is 7.21. The number of anilines is 2. The third-order valence-corrected chi connectivity index (χ3v) is 4.60. The zero-order valence-electron chi connectivity index (χ0n) is 16.7. The van der Waals surface area contributed by atoms with E-state index in [1.165, 1.54) is 6.07 Å². The molecule has 7 heteroatoms. The number of benzene rings is 2. The van der Waals surface area contributed by atoms with Gasteiger partial charge in [0, 0.05) is 55.1 Å². The van der Waals surface area contributed by atoms with Gasteiger partial charge >= 0.3 is 0 Å². The lowest BCUT2D eigenvalue weighted by Crippen LogP contribution is -2.38. The van der Waals surface area contributed by atoms with Crippen LogP contribution in [0.5, 0.6) is 5.75 Å². The number of nitrogen functional groups attached to an aromatic ring is 1. The molecule has 1 aliphatic heterocycles. The molecule has 1 saturated heterocycles. The number of morpholine rings is 1. The summed E-state index contributed by atoms with van der Waals surface area (Å²) in [6, 6.07) is 10.3. The number of nitrogens with two attached hydrogens (primary N) is 1. The van der Waals surface area contributed by atoms with Crippen molar-refractivity contribution in [3.8, 4) is 5.75 Å². The molecule has 29 heavy (non-hydrogen) atoms. The minimum absolute atomic E-state index is 0.306. The van der Waals surface area contributed by atoms with Gasteiger partial charge in [0.05, 0.1) is 24.5 Å². The van der Waals surface area contributed by atoms with Crippen molar-refractivity contribution in [1.29, 1.82) is 0 Å². The number of nitrogens with one attached hydrogen (secondary N) is 1. The minimum Gasteiger partial charge on any atom is -0.492 e. The fraction of sp³-hybridized carbons (Fsp3) is 0.318. The van der Waals surface area contributed by atoms with Crippen molar-refractivity contribution in [3.05, 3.63) is 54.4 Å². The van der Waals surface area contributed by atoms with Crippen molar-refractivity contribution in [1.82, 2.24) is 4.90 Å². The SMILES string of the molecule is C=C(Nc1ccc(N)cc1)c1c(F)cc(OCCN2CCOCC2)cc1N=CC. The summed E-state index contributed by atoms with van der Waals surface area (Å²) in [5.74, 6) is 0.00260. The average molecular weight is 398 g/mol. The molecule has 0 spiro atoms. The molecule has 3 N–H and O–H groups in total. The maximum Gasteiger partial charge on any atom is 0.138 e. The number of halogens is 1. The maximum atomic E-state index is 14.9. The molecule has 0 atom stereocenters. The summed E-state index contributed by atoms with van der Waals surface area (Å²) in [5.41, 5.74) is 8.30. The average Bonchev–Trinajstić information content (AvgIpc) is 2.70. The lowest BCUT2D eigenvalue weighted by molar-refractivity contribution is 0.0322. The van der Waals surface area contributed by atoms with Gasteiger partial charge < -0.3 is 20.5 Å². The van der Waals surface area contributed by atoms with Crippen molar-refractivity contribution in [2.75, 3.05) is 50.5 Å². The van der Waals surface area contributed by atoms with Crippen LogP contribution in [0.1, 0.15) is 12.5 Å². The smallest absolute Gasteiger partial charge is 0.138 e. The van der Waals surface area contributed by atoms with Gasteiger partial charge in [-0.2, -0.15) is 0 Å². The second-order valence-corrected chi connectivity index (χ2v) is 6.71.